The van der Waals surface area contributed by atoms with E-state index < -0.39 is 0 Å². The van der Waals surface area contributed by atoms with Crippen molar-refractivity contribution in [2.45, 2.75) is 31.5 Å². The number of carbonyl (C=O) groups is 1. The van der Waals surface area contributed by atoms with Gasteiger partial charge in [0.15, 0.2) is 0 Å². The molecule has 0 aromatic heterocycles. The van der Waals surface area contributed by atoms with Gasteiger partial charge in [0.25, 0.3) is 0 Å². The number of para-hydroxylation sites is 1. The van der Waals surface area contributed by atoms with Gasteiger partial charge >= 0.3 is 0 Å². The van der Waals surface area contributed by atoms with Crippen LogP contribution in [0.2, 0.25) is 0 Å². The molecule has 2 atom stereocenters. The molecule has 3 aromatic rings. The number of aryl methyl sites for hydroxylation is 1. The lowest BCUT2D eigenvalue weighted by molar-refractivity contribution is -0.129. The second kappa shape index (κ2) is 6.23. The van der Waals surface area contributed by atoms with Gasteiger partial charge in [-0.05, 0) is 29.7 Å². The average Bonchev–Trinajstić information content (AvgIpc) is 3.14. The lowest BCUT2D eigenvalue weighted by atomic mass is 9.73. The number of hydrogen-bond acceptors (Lipinski definition) is 2. The van der Waals surface area contributed by atoms with E-state index in [9.17, 15) is 4.79 Å². The molecule has 2 aliphatic rings. The van der Waals surface area contributed by atoms with Gasteiger partial charge in [0, 0.05) is 25.7 Å². The van der Waals surface area contributed by atoms with Crippen LogP contribution in [0.5, 0.6) is 0 Å². The zero-order valence-corrected chi connectivity index (χ0v) is 16.3. The van der Waals surface area contributed by atoms with Crippen LogP contribution in [0, 0.1) is 6.92 Å². The molecule has 0 spiro atoms. The second-order valence-corrected chi connectivity index (χ2v) is 8.02. The van der Waals surface area contributed by atoms with Crippen LogP contribution in [0.25, 0.3) is 0 Å². The smallest absolute Gasteiger partial charge is 0.225 e. The van der Waals surface area contributed by atoms with Crippen LogP contribution < -0.4 is 4.90 Å². The van der Waals surface area contributed by atoms with Gasteiger partial charge in [-0.1, -0.05) is 78.4 Å². The number of nitrogens with zero attached hydrogens (tertiary/aromatic N) is 2. The number of likely N-dealkylation sites (N-methyl/N-ethyl adjacent to an activating group) is 1. The van der Waals surface area contributed by atoms with Gasteiger partial charge in [-0.25, -0.2) is 0 Å². The molecule has 5 rings (SSSR count). The maximum Gasteiger partial charge on any atom is 0.225 e. The minimum Gasteiger partial charge on any atom is -0.353 e. The van der Waals surface area contributed by atoms with Crippen molar-refractivity contribution in [2.24, 2.45) is 0 Å². The highest BCUT2D eigenvalue weighted by Crippen LogP contribution is 2.55. The van der Waals surface area contributed by atoms with Crippen LogP contribution >= 0.6 is 0 Å². The molecule has 0 radical (unpaired) electrons. The lowest BCUT2D eigenvalue weighted by Crippen LogP contribution is -2.49. The number of rotatable bonds is 3. The quantitative estimate of drug-likeness (QED) is 0.680. The van der Waals surface area contributed by atoms with Crippen molar-refractivity contribution in [1.82, 2.24) is 4.90 Å². The highest BCUT2D eigenvalue weighted by molar-refractivity contribution is 5.87. The molecule has 2 aliphatic heterocycles. The predicted molar refractivity (Wildman–Crippen MR) is 112 cm³/mol. The fourth-order valence-electron chi connectivity index (χ4n) is 5.11. The van der Waals surface area contributed by atoms with Crippen LogP contribution in [0.15, 0.2) is 78.9 Å². The van der Waals surface area contributed by atoms with Crippen molar-refractivity contribution in [3.8, 4) is 0 Å². The summed E-state index contributed by atoms with van der Waals surface area (Å²) >= 11 is 0. The molecular weight excluding hydrogens is 344 g/mol. The van der Waals surface area contributed by atoms with Crippen LogP contribution in [0.1, 0.15) is 28.7 Å². The molecule has 1 saturated heterocycles. The Morgan fingerprint density at radius 2 is 1.61 bits per heavy atom. The molecule has 0 unspecified atom stereocenters. The minimum absolute atomic E-state index is 0.0136. The van der Waals surface area contributed by atoms with E-state index in [2.05, 4.69) is 84.4 Å². The van der Waals surface area contributed by atoms with E-state index in [0.717, 1.165) is 0 Å². The van der Waals surface area contributed by atoms with Gasteiger partial charge in [-0.15, -0.1) is 0 Å². The fraction of sp³-hybridized carbons (Fsp3) is 0.240. The van der Waals surface area contributed by atoms with Gasteiger partial charge < -0.3 is 9.80 Å². The first kappa shape index (κ1) is 17.1. The second-order valence-electron chi connectivity index (χ2n) is 8.02. The normalized spacial score (nSPS) is 23.1. The zero-order valence-electron chi connectivity index (χ0n) is 16.3. The number of benzene rings is 3. The van der Waals surface area contributed by atoms with Gasteiger partial charge in [0.2, 0.25) is 5.91 Å². The Morgan fingerprint density at radius 1 is 0.929 bits per heavy atom. The van der Waals surface area contributed by atoms with E-state index in [1.54, 1.807) is 0 Å². The summed E-state index contributed by atoms with van der Waals surface area (Å²) in [5.41, 5.74) is 5.78. The zero-order chi connectivity index (χ0) is 19.3. The van der Waals surface area contributed by atoms with Crippen molar-refractivity contribution in [1.29, 1.82) is 0 Å². The van der Waals surface area contributed by atoms with E-state index in [1.807, 2.05) is 18.2 Å². The Morgan fingerprint density at radius 3 is 2.36 bits per heavy atom. The number of amides is 1. The molecule has 1 amide bonds. The SMILES string of the molecule is Cc1ccc([C@]23CC(=O)N(Cc4ccccc4)[C@H]2N(C)c2ccccc23)cc1. The van der Waals surface area contributed by atoms with Crippen molar-refractivity contribution in [3.63, 3.8) is 0 Å². The van der Waals surface area contributed by atoms with Crippen LogP contribution in [-0.4, -0.2) is 24.0 Å². The van der Waals surface area contributed by atoms with Crippen molar-refractivity contribution < 1.29 is 4.79 Å². The van der Waals surface area contributed by atoms with Gasteiger partial charge in [0.1, 0.15) is 6.17 Å². The molecule has 3 heteroatoms. The first-order valence-electron chi connectivity index (χ1n) is 9.84. The first-order valence-corrected chi connectivity index (χ1v) is 9.84. The Kier molecular flexibility index (Phi) is 3.80. The summed E-state index contributed by atoms with van der Waals surface area (Å²) in [6.45, 7) is 2.74. The third-order valence-corrected chi connectivity index (χ3v) is 6.38. The molecule has 2 heterocycles. The molecule has 0 aliphatic carbocycles. The van der Waals surface area contributed by atoms with Crippen molar-refractivity contribution in [3.05, 3.63) is 101 Å². The summed E-state index contributed by atoms with van der Waals surface area (Å²) < 4.78 is 0. The summed E-state index contributed by atoms with van der Waals surface area (Å²) in [5.74, 6) is 0.218. The summed E-state index contributed by atoms with van der Waals surface area (Å²) in [5, 5.41) is 0. The maximum atomic E-state index is 13.3. The Bertz CT molecular complexity index is 1030. The molecule has 0 N–H and O–H groups in total. The van der Waals surface area contributed by atoms with E-state index >= 15 is 0 Å². The molecule has 0 bridgehead atoms. The standard InChI is InChI=1S/C25H24N2O/c1-18-12-14-20(15-13-18)25-16-23(28)27(17-19-8-4-3-5-9-19)24(25)26(2)22-11-7-6-10-21(22)25/h3-15,24H,16-17H2,1-2H3/t24-,25+/m1/s1. The Balaban J connectivity index is 1.67. The van der Waals surface area contributed by atoms with Crippen molar-refractivity contribution in [2.75, 3.05) is 11.9 Å². The number of anilines is 1. The molecule has 140 valence electrons. The summed E-state index contributed by atoms with van der Waals surface area (Å²) in [6.07, 6.45) is 0.495. The Labute approximate surface area is 166 Å². The highest BCUT2D eigenvalue weighted by atomic mass is 16.2. The Hall–Kier alpha value is -3.07. The van der Waals surface area contributed by atoms with E-state index in [4.69, 9.17) is 0 Å². The predicted octanol–water partition coefficient (Wildman–Crippen LogP) is 4.49. The largest absolute Gasteiger partial charge is 0.353 e. The maximum absolute atomic E-state index is 13.3. The van der Waals surface area contributed by atoms with Crippen molar-refractivity contribution >= 4 is 11.6 Å². The third kappa shape index (κ3) is 2.32. The van der Waals surface area contributed by atoms with Gasteiger partial charge in [-0.3, -0.25) is 4.79 Å². The van der Waals surface area contributed by atoms with E-state index in [0.29, 0.717) is 13.0 Å². The molecular formula is C25H24N2O. The molecule has 3 aromatic carbocycles. The number of likely N-dealkylation sites (tertiary alicyclic amines) is 1. The summed E-state index contributed by atoms with van der Waals surface area (Å²) in [4.78, 5) is 17.7. The highest BCUT2D eigenvalue weighted by Gasteiger charge is 2.60. The van der Waals surface area contributed by atoms with Crippen LogP contribution in [-0.2, 0) is 16.8 Å². The fourth-order valence-corrected chi connectivity index (χ4v) is 5.11. The van der Waals surface area contributed by atoms with Gasteiger partial charge in [-0.2, -0.15) is 0 Å². The van der Waals surface area contributed by atoms with Gasteiger partial charge in [0.05, 0.1) is 5.41 Å². The monoisotopic (exact) mass is 368 g/mol. The number of hydrogen-bond donors (Lipinski definition) is 0. The van der Waals surface area contributed by atoms with E-state index in [1.165, 1.54) is 27.9 Å². The first-order chi connectivity index (χ1) is 13.6. The minimum atomic E-state index is -0.328. The summed E-state index contributed by atoms with van der Waals surface area (Å²) in [6, 6.07) is 27.6. The molecule has 1 fully saturated rings. The average molecular weight is 368 g/mol. The van der Waals surface area contributed by atoms with Crippen LogP contribution in [0.3, 0.4) is 0 Å². The number of carbonyl (C=O) groups excluding carboxylic acids is 1. The molecule has 28 heavy (non-hydrogen) atoms. The number of fused-ring (bicyclic) bond motifs is 3. The summed E-state index contributed by atoms with van der Waals surface area (Å²) in [7, 11) is 2.12. The van der Waals surface area contributed by atoms with Crippen LogP contribution in [0.4, 0.5) is 5.69 Å². The third-order valence-electron chi connectivity index (χ3n) is 6.38. The lowest BCUT2D eigenvalue weighted by Gasteiger charge is -2.37. The topological polar surface area (TPSA) is 23.6 Å². The molecule has 3 nitrogen and oxygen atoms in total. The molecule has 0 saturated carbocycles. The van der Waals surface area contributed by atoms with E-state index in [-0.39, 0.29) is 17.5 Å².